The van der Waals surface area contributed by atoms with Crippen LogP contribution >= 0.6 is 0 Å². The number of halogens is 2. The summed E-state index contributed by atoms with van der Waals surface area (Å²) in [5.41, 5.74) is -0.463. The van der Waals surface area contributed by atoms with Crippen molar-refractivity contribution in [2.45, 2.75) is 76.2 Å². The molecule has 2 aliphatic carbocycles. The highest BCUT2D eigenvalue weighted by atomic mass is 19.1. The number of H-pyrrole nitrogens is 1. The number of amides is 1. The largest absolute Gasteiger partial charge is 0.496 e. The van der Waals surface area contributed by atoms with Crippen LogP contribution in [-0.2, 0) is 12.0 Å². The standard InChI is InChI=1S/C29H35F2N3O5/c1-15-12-19(37-5)18(26(35)32-15)13-34-14-29(10-11-29)21-20(27(34)36)22(30)24-25(23(21)31)39-28(2,38-24)16-6-8-17(9-7-16)33(3)4/h12,16-17H,6-11,13-14H2,1-5H3,(H,32,35)/t16?,17?,28-/m1/s1. The third-order valence-electron chi connectivity index (χ3n) is 9.25. The van der Waals surface area contributed by atoms with Gasteiger partial charge in [-0.05, 0) is 65.6 Å². The van der Waals surface area contributed by atoms with Gasteiger partial charge in [0.2, 0.25) is 11.5 Å². The summed E-state index contributed by atoms with van der Waals surface area (Å²) in [6, 6.07) is 2.13. The Morgan fingerprint density at radius 3 is 2.33 bits per heavy atom. The molecular formula is C29H35F2N3O5. The van der Waals surface area contributed by atoms with Gasteiger partial charge in [-0.1, -0.05) is 0 Å². The molecule has 0 radical (unpaired) electrons. The van der Waals surface area contributed by atoms with Gasteiger partial charge in [0.1, 0.15) is 5.75 Å². The lowest BCUT2D eigenvalue weighted by Crippen LogP contribution is -2.46. The predicted octanol–water partition coefficient (Wildman–Crippen LogP) is 4.27. The molecule has 2 fully saturated rings. The second-order valence-electron chi connectivity index (χ2n) is 12.0. The topological polar surface area (TPSA) is 84.1 Å². The van der Waals surface area contributed by atoms with E-state index in [1.165, 1.54) is 12.0 Å². The lowest BCUT2D eigenvalue weighted by Gasteiger charge is -2.38. The van der Waals surface area contributed by atoms with Gasteiger partial charge in [-0.25, -0.2) is 8.78 Å². The molecule has 8 nitrogen and oxygen atoms in total. The molecule has 6 rings (SSSR count). The molecule has 39 heavy (non-hydrogen) atoms. The van der Waals surface area contributed by atoms with Crippen LogP contribution in [0.4, 0.5) is 8.78 Å². The minimum atomic E-state index is -1.22. The molecule has 0 unspecified atom stereocenters. The van der Waals surface area contributed by atoms with Crippen LogP contribution in [0.2, 0.25) is 0 Å². The maximum absolute atomic E-state index is 16.2. The Balaban J connectivity index is 1.35. The van der Waals surface area contributed by atoms with E-state index in [0.29, 0.717) is 30.3 Å². The van der Waals surface area contributed by atoms with Crippen molar-refractivity contribution in [3.8, 4) is 17.2 Å². The summed E-state index contributed by atoms with van der Waals surface area (Å²) in [4.78, 5) is 32.8. The number of methoxy groups -OCH3 is 1. The number of fused-ring (bicyclic) bond motifs is 3. The van der Waals surface area contributed by atoms with E-state index in [2.05, 4.69) is 24.0 Å². The second-order valence-corrected chi connectivity index (χ2v) is 12.0. The molecule has 1 aromatic carbocycles. The van der Waals surface area contributed by atoms with E-state index in [9.17, 15) is 9.59 Å². The van der Waals surface area contributed by atoms with Gasteiger partial charge in [0, 0.05) is 42.1 Å². The van der Waals surface area contributed by atoms with Gasteiger partial charge < -0.3 is 29.0 Å². The van der Waals surface area contributed by atoms with Crippen LogP contribution in [-0.4, -0.2) is 60.3 Å². The molecule has 1 amide bonds. The third-order valence-corrected chi connectivity index (χ3v) is 9.25. The molecule has 0 bridgehead atoms. The van der Waals surface area contributed by atoms with Crippen LogP contribution in [0.15, 0.2) is 10.9 Å². The summed E-state index contributed by atoms with van der Waals surface area (Å²) in [5, 5.41) is 0. The number of nitrogens with one attached hydrogen (secondary N) is 1. The van der Waals surface area contributed by atoms with Gasteiger partial charge >= 0.3 is 0 Å². The van der Waals surface area contributed by atoms with Crippen molar-refractivity contribution in [3.05, 3.63) is 50.4 Å². The molecule has 4 aliphatic rings. The summed E-state index contributed by atoms with van der Waals surface area (Å²) < 4.78 is 50.0. The lowest BCUT2D eigenvalue weighted by atomic mass is 9.81. The summed E-state index contributed by atoms with van der Waals surface area (Å²) in [7, 11) is 5.56. The number of carbonyl (C=O) groups is 1. The highest BCUT2D eigenvalue weighted by Crippen LogP contribution is 2.59. The van der Waals surface area contributed by atoms with Crippen LogP contribution < -0.4 is 19.8 Å². The number of benzene rings is 1. The number of aromatic amines is 1. The fraction of sp³-hybridized carbons (Fsp3) is 0.586. The molecule has 2 aliphatic heterocycles. The average Bonchev–Trinajstić information content (AvgIpc) is 3.56. The van der Waals surface area contributed by atoms with E-state index in [-0.39, 0.29) is 52.8 Å². The van der Waals surface area contributed by atoms with Crippen molar-refractivity contribution in [3.63, 3.8) is 0 Å². The van der Waals surface area contributed by atoms with E-state index < -0.39 is 28.7 Å². The quantitative estimate of drug-likeness (QED) is 0.607. The van der Waals surface area contributed by atoms with Gasteiger partial charge in [0.15, 0.2) is 11.6 Å². The maximum Gasteiger partial charge on any atom is 0.257 e. The van der Waals surface area contributed by atoms with E-state index in [1.807, 2.05) is 0 Å². The zero-order valence-corrected chi connectivity index (χ0v) is 23.1. The van der Waals surface area contributed by atoms with E-state index >= 15 is 8.78 Å². The highest BCUT2D eigenvalue weighted by Gasteiger charge is 2.58. The summed E-state index contributed by atoms with van der Waals surface area (Å²) in [6.45, 7) is 3.57. The maximum atomic E-state index is 16.2. The monoisotopic (exact) mass is 543 g/mol. The van der Waals surface area contributed by atoms with Crippen LogP contribution in [0, 0.1) is 24.5 Å². The molecule has 3 heterocycles. The first-order chi connectivity index (χ1) is 18.5. The number of hydrogen-bond acceptors (Lipinski definition) is 6. The predicted molar refractivity (Wildman–Crippen MR) is 139 cm³/mol. The fourth-order valence-corrected chi connectivity index (χ4v) is 6.81. The molecular weight excluding hydrogens is 508 g/mol. The first-order valence-electron chi connectivity index (χ1n) is 13.6. The number of carbonyl (C=O) groups excluding carboxylic acids is 1. The van der Waals surface area contributed by atoms with Crippen LogP contribution in [0.5, 0.6) is 17.2 Å². The van der Waals surface area contributed by atoms with Crippen LogP contribution in [0.25, 0.3) is 0 Å². The molecule has 10 heteroatoms. The Labute approximate surface area is 226 Å². The second kappa shape index (κ2) is 8.94. The van der Waals surface area contributed by atoms with Crippen molar-refractivity contribution >= 4 is 5.91 Å². The van der Waals surface area contributed by atoms with Gasteiger partial charge in [-0.2, -0.15) is 0 Å². The van der Waals surface area contributed by atoms with E-state index in [1.54, 1.807) is 19.9 Å². The zero-order valence-electron chi connectivity index (χ0n) is 23.1. The first kappa shape index (κ1) is 26.1. The number of hydrogen-bond donors (Lipinski definition) is 1. The molecule has 1 N–H and O–H groups in total. The number of pyridine rings is 1. The van der Waals surface area contributed by atoms with Crippen molar-refractivity contribution < 1.29 is 27.8 Å². The Morgan fingerprint density at radius 2 is 1.74 bits per heavy atom. The highest BCUT2D eigenvalue weighted by molar-refractivity contribution is 5.99. The third kappa shape index (κ3) is 4.01. The molecule has 2 saturated carbocycles. The summed E-state index contributed by atoms with van der Waals surface area (Å²) >= 11 is 0. The van der Waals surface area contributed by atoms with Crippen molar-refractivity contribution in [1.82, 2.24) is 14.8 Å². The number of rotatable bonds is 5. The Kier molecular flexibility index (Phi) is 5.98. The summed E-state index contributed by atoms with van der Waals surface area (Å²) in [6.07, 6.45) is 4.70. The van der Waals surface area contributed by atoms with Crippen molar-refractivity contribution in [2.24, 2.45) is 5.92 Å². The molecule has 210 valence electrons. The van der Waals surface area contributed by atoms with Crippen LogP contribution in [0.1, 0.15) is 72.6 Å². The Hall–Kier alpha value is -3.14. The number of aromatic nitrogens is 1. The average molecular weight is 544 g/mol. The number of nitrogens with zero attached hydrogens (tertiary/aromatic N) is 2. The molecule has 1 spiro atoms. The normalized spacial score (nSPS) is 26.8. The minimum absolute atomic E-state index is 0.0419. The lowest BCUT2D eigenvalue weighted by molar-refractivity contribution is -0.125. The van der Waals surface area contributed by atoms with E-state index in [0.717, 1.165) is 25.7 Å². The van der Waals surface area contributed by atoms with Gasteiger partial charge in [0.25, 0.3) is 17.3 Å². The Bertz CT molecular complexity index is 1410. The van der Waals surface area contributed by atoms with Gasteiger partial charge in [-0.3, -0.25) is 9.59 Å². The minimum Gasteiger partial charge on any atom is -0.496 e. The summed E-state index contributed by atoms with van der Waals surface area (Å²) in [5.74, 6) is -3.74. The van der Waals surface area contributed by atoms with E-state index in [4.69, 9.17) is 14.2 Å². The fourth-order valence-electron chi connectivity index (χ4n) is 6.81. The molecule has 0 saturated heterocycles. The molecule has 1 atom stereocenters. The van der Waals surface area contributed by atoms with Gasteiger partial charge in [0.05, 0.1) is 24.8 Å². The Morgan fingerprint density at radius 1 is 1.10 bits per heavy atom. The number of aryl methyl sites for hydroxylation is 1. The van der Waals surface area contributed by atoms with Crippen molar-refractivity contribution in [1.29, 1.82) is 0 Å². The van der Waals surface area contributed by atoms with Gasteiger partial charge in [-0.15, -0.1) is 0 Å². The molecule has 1 aromatic heterocycles. The SMILES string of the molecule is COc1cc(C)[nH]c(=O)c1CN1CC2(CC2)c2c(F)c3c(c(F)c2C1=O)O[C@@](C)(C1CCC(N(C)C)CC1)O3. The first-order valence-corrected chi connectivity index (χ1v) is 13.6. The molecule has 2 aromatic rings. The smallest absolute Gasteiger partial charge is 0.257 e. The number of ether oxygens (including phenoxy) is 3. The van der Waals surface area contributed by atoms with Crippen molar-refractivity contribution in [2.75, 3.05) is 27.7 Å². The van der Waals surface area contributed by atoms with Crippen LogP contribution in [0.3, 0.4) is 0 Å². The zero-order chi connectivity index (χ0) is 27.9.